The highest BCUT2D eigenvalue weighted by Crippen LogP contribution is 2.31. The van der Waals surface area contributed by atoms with Crippen LogP contribution in [0.2, 0.25) is 0 Å². The molecular formula is C17H17NO3. The maximum absolute atomic E-state index is 12.0. The Labute approximate surface area is 123 Å². The van der Waals surface area contributed by atoms with Crippen molar-refractivity contribution in [2.45, 2.75) is 25.5 Å². The van der Waals surface area contributed by atoms with Gasteiger partial charge in [-0.1, -0.05) is 24.3 Å². The number of amides is 1. The van der Waals surface area contributed by atoms with Crippen LogP contribution in [0.15, 0.2) is 46.9 Å². The highest BCUT2D eigenvalue weighted by Gasteiger charge is 2.31. The first-order valence-corrected chi connectivity index (χ1v) is 6.94. The van der Waals surface area contributed by atoms with E-state index in [1.54, 1.807) is 12.1 Å². The van der Waals surface area contributed by atoms with E-state index in [1.807, 2.05) is 37.3 Å². The number of hydrogen-bond acceptors (Lipinski definition) is 3. The summed E-state index contributed by atoms with van der Waals surface area (Å²) in [4.78, 5) is 12.0. The molecule has 0 spiro atoms. The van der Waals surface area contributed by atoms with Gasteiger partial charge >= 0.3 is 0 Å². The SMILES string of the molecule is Cc1ccc(C=CC(=O)NC2c3ccccc3CC2O)o1. The van der Waals surface area contributed by atoms with Crippen LogP contribution in [0.25, 0.3) is 6.08 Å². The van der Waals surface area contributed by atoms with Gasteiger partial charge in [-0.3, -0.25) is 4.79 Å². The maximum atomic E-state index is 12.0. The number of carbonyl (C=O) groups is 1. The number of nitrogens with one attached hydrogen (secondary N) is 1. The molecule has 4 nitrogen and oxygen atoms in total. The lowest BCUT2D eigenvalue weighted by atomic mass is 10.1. The minimum Gasteiger partial charge on any atom is -0.462 e. The lowest BCUT2D eigenvalue weighted by Crippen LogP contribution is -2.32. The van der Waals surface area contributed by atoms with Gasteiger partial charge in [0, 0.05) is 12.5 Å². The fraction of sp³-hybridized carbons (Fsp3) is 0.235. The van der Waals surface area contributed by atoms with Crippen LogP contribution < -0.4 is 5.32 Å². The van der Waals surface area contributed by atoms with Crippen molar-refractivity contribution in [1.29, 1.82) is 0 Å². The maximum Gasteiger partial charge on any atom is 0.244 e. The quantitative estimate of drug-likeness (QED) is 0.850. The summed E-state index contributed by atoms with van der Waals surface area (Å²) in [5.41, 5.74) is 2.07. The van der Waals surface area contributed by atoms with Crippen LogP contribution in [0.4, 0.5) is 0 Å². The first-order chi connectivity index (χ1) is 10.1. The van der Waals surface area contributed by atoms with E-state index in [0.29, 0.717) is 12.2 Å². The number of carbonyl (C=O) groups excluding carboxylic acids is 1. The number of benzene rings is 1. The van der Waals surface area contributed by atoms with E-state index >= 15 is 0 Å². The standard InChI is InChI=1S/C17H17NO3/c1-11-6-7-13(21-11)8-9-16(20)18-17-14-5-3-2-4-12(14)10-15(17)19/h2-9,15,17,19H,10H2,1H3,(H,18,20). The summed E-state index contributed by atoms with van der Waals surface area (Å²) in [6.45, 7) is 1.85. The Morgan fingerprint density at radius 2 is 2.14 bits per heavy atom. The second-order valence-electron chi connectivity index (χ2n) is 5.24. The number of aliphatic hydroxyl groups excluding tert-OH is 1. The number of aliphatic hydroxyl groups is 1. The number of rotatable bonds is 3. The largest absolute Gasteiger partial charge is 0.462 e. The number of furan rings is 1. The van der Waals surface area contributed by atoms with Crippen LogP contribution in [0, 0.1) is 6.92 Å². The lowest BCUT2D eigenvalue weighted by Gasteiger charge is -2.16. The molecule has 2 aromatic rings. The van der Waals surface area contributed by atoms with Gasteiger partial charge in [-0.15, -0.1) is 0 Å². The van der Waals surface area contributed by atoms with Gasteiger partial charge in [0.15, 0.2) is 0 Å². The lowest BCUT2D eigenvalue weighted by molar-refractivity contribution is -0.117. The fourth-order valence-corrected chi connectivity index (χ4v) is 2.65. The summed E-state index contributed by atoms with van der Waals surface area (Å²) >= 11 is 0. The highest BCUT2D eigenvalue weighted by atomic mass is 16.3. The first-order valence-electron chi connectivity index (χ1n) is 6.94. The number of hydrogen-bond donors (Lipinski definition) is 2. The van der Waals surface area contributed by atoms with Crippen LogP contribution in [-0.4, -0.2) is 17.1 Å². The molecule has 0 saturated carbocycles. The summed E-state index contributed by atoms with van der Waals surface area (Å²) in [6, 6.07) is 11.1. The van der Waals surface area contributed by atoms with Crippen molar-refractivity contribution in [2.75, 3.05) is 0 Å². The van der Waals surface area contributed by atoms with E-state index in [0.717, 1.165) is 16.9 Å². The Hall–Kier alpha value is -2.33. The molecule has 2 unspecified atom stereocenters. The molecule has 21 heavy (non-hydrogen) atoms. The molecule has 1 aliphatic carbocycles. The third-order valence-corrected chi connectivity index (χ3v) is 3.66. The number of aryl methyl sites for hydroxylation is 1. The van der Waals surface area contributed by atoms with Gasteiger partial charge in [0.25, 0.3) is 0 Å². The normalized spacial score (nSPS) is 20.7. The average molecular weight is 283 g/mol. The van der Waals surface area contributed by atoms with Gasteiger partial charge in [0.2, 0.25) is 5.91 Å². The second kappa shape index (κ2) is 5.58. The molecule has 0 saturated heterocycles. The zero-order valence-corrected chi connectivity index (χ0v) is 11.7. The molecule has 1 aromatic carbocycles. The molecule has 2 N–H and O–H groups in total. The Morgan fingerprint density at radius 3 is 2.90 bits per heavy atom. The van der Waals surface area contributed by atoms with Crippen molar-refractivity contribution < 1.29 is 14.3 Å². The molecule has 1 aromatic heterocycles. The topological polar surface area (TPSA) is 62.5 Å². The van der Waals surface area contributed by atoms with Crippen molar-refractivity contribution in [3.63, 3.8) is 0 Å². The predicted octanol–water partition coefficient (Wildman–Crippen LogP) is 2.38. The van der Waals surface area contributed by atoms with Gasteiger partial charge in [-0.25, -0.2) is 0 Å². The molecule has 1 amide bonds. The molecule has 0 bridgehead atoms. The minimum atomic E-state index is -0.578. The van der Waals surface area contributed by atoms with Crippen LogP contribution in [-0.2, 0) is 11.2 Å². The predicted molar refractivity (Wildman–Crippen MR) is 79.5 cm³/mol. The fourth-order valence-electron chi connectivity index (χ4n) is 2.65. The summed E-state index contributed by atoms with van der Waals surface area (Å²) < 4.78 is 5.37. The van der Waals surface area contributed by atoms with Crippen molar-refractivity contribution in [3.8, 4) is 0 Å². The Bertz CT molecular complexity index is 687. The van der Waals surface area contributed by atoms with Crippen molar-refractivity contribution >= 4 is 12.0 Å². The zero-order chi connectivity index (χ0) is 14.8. The van der Waals surface area contributed by atoms with Crippen molar-refractivity contribution in [3.05, 3.63) is 65.1 Å². The van der Waals surface area contributed by atoms with Gasteiger partial charge in [-0.2, -0.15) is 0 Å². The second-order valence-corrected chi connectivity index (χ2v) is 5.24. The molecule has 1 aliphatic rings. The third kappa shape index (κ3) is 2.90. The Morgan fingerprint density at radius 1 is 1.33 bits per heavy atom. The minimum absolute atomic E-state index is 0.246. The first kappa shape index (κ1) is 13.6. The van der Waals surface area contributed by atoms with Gasteiger partial charge in [0.1, 0.15) is 11.5 Å². The van der Waals surface area contributed by atoms with Crippen molar-refractivity contribution in [2.24, 2.45) is 0 Å². The monoisotopic (exact) mass is 283 g/mol. The summed E-state index contributed by atoms with van der Waals surface area (Å²) in [5.74, 6) is 1.19. The smallest absolute Gasteiger partial charge is 0.244 e. The third-order valence-electron chi connectivity index (χ3n) is 3.66. The Balaban J connectivity index is 1.69. The van der Waals surface area contributed by atoms with E-state index in [-0.39, 0.29) is 11.9 Å². The molecule has 2 atom stereocenters. The molecule has 0 fully saturated rings. The average Bonchev–Trinajstić information content (AvgIpc) is 3.01. The van der Waals surface area contributed by atoms with Gasteiger partial charge in [0.05, 0.1) is 12.1 Å². The zero-order valence-electron chi connectivity index (χ0n) is 11.7. The summed E-state index contributed by atoms with van der Waals surface area (Å²) in [5, 5.41) is 12.9. The van der Waals surface area contributed by atoms with E-state index in [9.17, 15) is 9.90 Å². The highest BCUT2D eigenvalue weighted by molar-refractivity contribution is 5.91. The molecule has 0 aliphatic heterocycles. The summed E-state index contributed by atoms with van der Waals surface area (Å²) in [7, 11) is 0. The van der Waals surface area contributed by atoms with Gasteiger partial charge in [-0.05, 0) is 36.3 Å². The molecule has 3 rings (SSSR count). The van der Waals surface area contributed by atoms with E-state index in [1.165, 1.54) is 6.08 Å². The van der Waals surface area contributed by atoms with Crippen LogP contribution in [0.3, 0.4) is 0 Å². The van der Waals surface area contributed by atoms with E-state index in [4.69, 9.17) is 4.42 Å². The molecule has 1 heterocycles. The van der Waals surface area contributed by atoms with E-state index < -0.39 is 6.10 Å². The molecule has 108 valence electrons. The summed E-state index contributed by atoms with van der Waals surface area (Å²) in [6.07, 6.45) is 3.04. The van der Waals surface area contributed by atoms with Crippen LogP contribution in [0.1, 0.15) is 28.7 Å². The van der Waals surface area contributed by atoms with Crippen LogP contribution in [0.5, 0.6) is 0 Å². The molecule has 0 radical (unpaired) electrons. The van der Waals surface area contributed by atoms with Crippen LogP contribution >= 0.6 is 0 Å². The van der Waals surface area contributed by atoms with E-state index in [2.05, 4.69) is 5.32 Å². The number of fused-ring (bicyclic) bond motifs is 1. The molecular weight excluding hydrogens is 266 g/mol. The molecule has 4 heteroatoms. The Kier molecular flexibility index (Phi) is 3.62. The van der Waals surface area contributed by atoms with Gasteiger partial charge < -0.3 is 14.8 Å². The van der Waals surface area contributed by atoms with Crippen molar-refractivity contribution in [1.82, 2.24) is 5.32 Å².